The molecule has 1 rings (SSSR count). The normalized spacial score (nSPS) is 15.2. The van der Waals surface area contributed by atoms with E-state index in [1.54, 1.807) is 0 Å². The standard InChI is InChI=1S/C15H23Br/c1-10(2)15(13(5)16)9-14-7-11(3)6-12(4)8-14/h6-8,10,13,15H,9H2,1-5H3. The first-order valence-corrected chi connectivity index (χ1v) is 7.03. The van der Waals surface area contributed by atoms with E-state index in [2.05, 4.69) is 68.7 Å². The Hall–Kier alpha value is -0.300. The zero-order chi connectivity index (χ0) is 12.3. The highest BCUT2D eigenvalue weighted by Gasteiger charge is 2.19. The molecular weight excluding hydrogens is 260 g/mol. The molecule has 0 saturated carbocycles. The van der Waals surface area contributed by atoms with Crippen LogP contribution in [-0.2, 0) is 6.42 Å². The molecule has 0 heterocycles. The Morgan fingerprint density at radius 2 is 1.50 bits per heavy atom. The average Bonchev–Trinajstić information content (AvgIpc) is 2.11. The molecule has 1 aromatic carbocycles. The molecule has 0 bridgehead atoms. The third-order valence-corrected chi connectivity index (χ3v) is 3.88. The van der Waals surface area contributed by atoms with Crippen molar-refractivity contribution in [1.82, 2.24) is 0 Å². The first kappa shape index (κ1) is 13.8. The molecule has 16 heavy (non-hydrogen) atoms. The predicted molar refractivity (Wildman–Crippen MR) is 76.3 cm³/mol. The third-order valence-electron chi connectivity index (χ3n) is 3.20. The van der Waals surface area contributed by atoms with Gasteiger partial charge in [0.25, 0.3) is 0 Å². The fourth-order valence-corrected chi connectivity index (χ4v) is 3.18. The van der Waals surface area contributed by atoms with Crippen LogP contribution < -0.4 is 0 Å². The van der Waals surface area contributed by atoms with Crippen LogP contribution in [0.25, 0.3) is 0 Å². The van der Waals surface area contributed by atoms with Crippen LogP contribution in [-0.4, -0.2) is 4.83 Å². The minimum atomic E-state index is 0.577. The molecule has 0 amide bonds. The maximum Gasteiger partial charge on any atom is 0.0151 e. The van der Waals surface area contributed by atoms with Crippen LogP contribution in [0.15, 0.2) is 18.2 Å². The topological polar surface area (TPSA) is 0 Å². The highest BCUT2D eigenvalue weighted by molar-refractivity contribution is 9.09. The molecule has 90 valence electrons. The van der Waals surface area contributed by atoms with Crippen molar-refractivity contribution >= 4 is 15.9 Å². The zero-order valence-corrected chi connectivity index (χ0v) is 12.6. The first-order chi connectivity index (χ1) is 7.40. The van der Waals surface area contributed by atoms with Gasteiger partial charge in [-0.15, -0.1) is 0 Å². The number of benzene rings is 1. The third kappa shape index (κ3) is 3.93. The van der Waals surface area contributed by atoms with Crippen molar-refractivity contribution in [3.63, 3.8) is 0 Å². The molecule has 0 saturated heterocycles. The summed E-state index contributed by atoms with van der Waals surface area (Å²) in [5, 5.41) is 0. The van der Waals surface area contributed by atoms with E-state index in [1.165, 1.54) is 23.1 Å². The van der Waals surface area contributed by atoms with Crippen molar-refractivity contribution in [2.45, 2.75) is 45.9 Å². The van der Waals surface area contributed by atoms with Crippen molar-refractivity contribution in [2.75, 3.05) is 0 Å². The summed E-state index contributed by atoms with van der Waals surface area (Å²) in [5.41, 5.74) is 4.22. The van der Waals surface area contributed by atoms with E-state index < -0.39 is 0 Å². The molecule has 2 atom stereocenters. The first-order valence-electron chi connectivity index (χ1n) is 6.11. The monoisotopic (exact) mass is 282 g/mol. The van der Waals surface area contributed by atoms with Gasteiger partial charge in [0, 0.05) is 4.83 Å². The van der Waals surface area contributed by atoms with Crippen LogP contribution in [0.5, 0.6) is 0 Å². The second-order valence-corrected chi connectivity index (χ2v) is 6.73. The van der Waals surface area contributed by atoms with E-state index in [0.717, 1.165) is 5.92 Å². The van der Waals surface area contributed by atoms with Crippen LogP contribution in [0.2, 0.25) is 0 Å². The fraction of sp³-hybridized carbons (Fsp3) is 0.600. The highest BCUT2D eigenvalue weighted by atomic mass is 79.9. The van der Waals surface area contributed by atoms with Crippen LogP contribution in [0.4, 0.5) is 0 Å². The Morgan fingerprint density at radius 1 is 1.00 bits per heavy atom. The fourth-order valence-electron chi connectivity index (χ4n) is 2.39. The Labute approximate surface area is 109 Å². The van der Waals surface area contributed by atoms with Gasteiger partial charge in [-0.05, 0) is 37.7 Å². The predicted octanol–water partition coefficient (Wildman–Crippen LogP) is 4.90. The van der Waals surface area contributed by atoms with Gasteiger partial charge in [0.1, 0.15) is 0 Å². The molecule has 0 radical (unpaired) electrons. The highest BCUT2D eigenvalue weighted by Crippen LogP contribution is 2.26. The summed E-state index contributed by atoms with van der Waals surface area (Å²) in [6.45, 7) is 11.2. The van der Waals surface area contributed by atoms with Gasteiger partial charge in [0.2, 0.25) is 0 Å². The van der Waals surface area contributed by atoms with E-state index in [1.807, 2.05) is 0 Å². The summed E-state index contributed by atoms with van der Waals surface area (Å²) in [7, 11) is 0. The molecule has 2 unspecified atom stereocenters. The number of alkyl halides is 1. The number of halogens is 1. The van der Waals surface area contributed by atoms with Crippen molar-refractivity contribution < 1.29 is 0 Å². The molecular formula is C15H23Br. The molecule has 1 heteroatoms. The summed E-state index contributed by atoms with van der Waals surface area (Å²) in [6.07, 6.45) is 1.17. The molecule has 0 aliphatic rings. The van der Waals surface area contributed by atoms with Crippen molar-refractivity contribution in [3.8, 4) is 0 Å². The lowest BCUT2D eigenvalue weighted by Gasteiger charge is -2.24. The van der Waals surface area contributed by atoms with Crippen molar-refractivity contribution in [3.05, 3.63) is 34.9 Å². The lowest BCUT2D eigenvalue weighted by Crippen LogP contribution is -2.20. The summed E-state index contributed by atoms with van der Waals surface area (Å²) < 4.78 is 0. The second-order valence-electron chi connectivity index (χ2n) is 5.29. The van der Waals surface area contributed by atoms with E-state index in [-0.39, 0.29) is 0 Å². The number of hydrogen-bond donors (Lipinski definition) is 0. The number of aryl methyl sites for hydroxylation is 2. The Morgan fingerprint density at radius 3 is 1.88 bits per heavy atom. The Bertz CT molecular complexity index is 311. The smallest absolute Gasteiger partial charge is 0.0151 e. The number of rotatable bonds is 4. The summed E-state index contributed by atoms with van der Waals surface area (Å²) in [5.74, 6) is 1.43. The largest absolute Gasteiger partial charge is 0.0890 e. The van der Waals surface area contributed by atoms with Crippen molar-refractivity contribution in [2.24, 2.45) is 11.8 Å². The van der Waals surface area contributed by atoms with Gasteiger partial charge in [-0.2, -0.15) is 0 Å². The van der Waals surface area contributed by atoms with Gasteiger partial charge in [-0.1, -0.05) is 66.0 Å². The van der Waals surface area contributed by atoms with E-state index in [4.69, 9.17) is 0 Å². The van der Waals surface area contributed by atoms with Gasteiger partial charge in [-0.3, -0.25) is 0 Å². The molecule has 0 nitrogen and oxygen atoms in total. The number of hydrogen-bond acceptors (Lipinski definition) is 0. The van der Waals surface area contributed by atoms with E-state index in [0.29, 0.717) is 10.7 Å². The second kappa shape index (κ2) is 5.86. The molecule has 0 aliphatic carbocycles. The molecule has 0 fully saturated rings. The quantitative estimate of drug-likeness (QED) is 0.689. The van der Waals surface area contributed by atoms with Gasteiger partial charge >= 0.3 is 0 Å². The van der Waals surface area contributed by atoms with Crippen LogP contribution in [0.1, 0.15) is 37.5 Å². The van der Waals surface area contributed by atoms with Crippen LogP contribution in [0, 0.1) is 25.7 Å². The van der Waals surface area contributed by atoms with E-state index >= 15 is 0 Å². The zero-order valence-electron chi connectivity index (χ0n) is 11.0. The van der Waals surface area contributed by atoms with Gasteiger partial charge in [0.05, 0.1) is 0 Å². The minimum absolute atomic E-state index is 0.577. The van der Waals surface area contributed by atoms with Crippen LogP contribution >= 0.6 is 15.9 Å². The Kier molecular flexibility index (Phi) is 5.04. The van der Waals surface area contributed by atoms with Gasteiger partial charge in [0.15, 0.2) is 0 Å². The summed E-state index contributed by atoms with van der Waals surface area (Å²) in [4.78, 5) is 0.577. The van der Waals surface area contributed by atoms with E-state index in [9.17, 15) is 0 Å². The maximum absolute atomic E-state index is 3.74. The van der Waals surface area contributed by atoms with Crippen LogP contribution in [0.3, 0.4) is 0 Å². The minimum Gasteiger partial charge on any atom is -0.0890 e. The molecule has 0 spiro atoms. The average molecular weight is 283 g/mol. The lowest BCUT2D eigenvalue weighted by atomic mass is 9.86. The van der Waals surface area contributed by atoms with Gasteiger partial charge in [-0.25, -0.2) is 0 Å². The summed E-state index contributed by atoms with van der Waals surface area (Å²) >= 11 is 3.74. The SMILES string of the molecule is Cc1cc(C)cc(CC(C(C)C)C(C)Br)c1. The van der Waals surface area contributed by atoms with Gasteiger partial charge < -0.3 is 0 Å². The molecule has 0 aromatic heterocycles. The Balaban J connectivity index is 2.85. The lowest BCUT2D eigenvalue weighted by molar-refractivity contribution is 0.383. The van der Waals surface area contributed by atoms with Crippen molar-refractivity contribution in [1.29, 1.82) is 0 Å². The summed E-state index contributed by atoms with van der Waals surface area (Å²) in [6, 6.07) is 6.88. The molecule has 0 N–H and O–H groups in total. The molecule has 0 aliphatic heterocycles. The molecule has 1 aromatic rings. The maximum atomic E-state index is 3.74.